The van der Waals surface area contributed by atoms with Crippen molar-refractivity contribution in [2.75, 3.05) is 6.61 Å². The second-order valence-electron chi connectivity index (χ2n) is 4.37. The molecule has 2 rings (SSSR count). The lowest BCUT2D eigenvalue weighted by molar-refractivity contribution is 0.0697. The fourth-order valence-electron chi connectivity index (χ4n) is 1.81. The zero-order valence-electron chi connectivity index (χ0n) is 10.8. The zero-order valence-corrected chi connectivity index (χ0v) is 10.8. The monoisotopic (exact) mass is 256 g/mol. The summed E-state index contributed by atoms with van der Waals surface area (Å²) in [5.41, 5.74) is 2.49. The summed E-state index contributed by atoms with van der Waals surface area (Å²) in [5.74, 6) is -0.00707. The molecule has 0 aliphatic rings. The van der Waals surface area contributed by atoms with Crippen LogP contribution in [0, 0.1) is 6.92 Å². The summed E-state index contributed by atoms with van der Waals surface area (Å²) in [7, 11) is 0. The van der Waals surface area contributed by atoms with Crippen LogP contribution in [-0.4, -0.2) is 17.7 Å². The van der Waals surface area contributed by atoms with Crippen molar-refractivity contribution in [3.8, 4) is 5.75 Å². The largest absolute Gasteiger partial charge is 0.493 e. The van der Waals surface area contributed by atoms with Gasteiger partial charge in [-0.1, -0.05) is 30.3 Å². The molecule has 19 heavy (non-hydrogen) atoms. The molecule has 0 aliphatic heterocycles. The Kier molecular flexibility index (Phi) is 4.18. The highest BCUT2D eigenvalue weighted by molar-refractivity contribution is 5.87. The van der Waals surface area contributed by atoms with Crippen LogP contribution < -0.4 is 4.74 Å². The van der Waals surface area contributed by atoms with E-state index in [-0.39, 0.29) is 0 Å². The van der Waals surface area contributed by atoms with Crippen LogP contribution in [0.2, 0.25) is 0 Å². The lowest BCUT2D eigenvalue weighted by Gasteiger charge is -2.08. The molecule has 0 saturated carbocycles. The maximum atomic E-state index is 10.7. The molecule has 0 atom stereocenters. The SMILES string of the molecule is Cc1ccccc1OCCc1ccc(C(=O)O)cc1. The molecule has 0 heterocycles. The number of benzene rings is 2. The van der Waals surface area contributed by atoms with Gasteiger partial charge in [0, 0.05) is 6.42 Å². The molecule has 3 nitrogen and oxygen atoms in total. The van der Waals surface area contributed by atoms with Gasteiger partial charge in [0.05, 0.1) is 12.2 Å². The number of para-hydroxylation sites is 1. The summed E-state index contributed by atoms with van der Waals surface area (Å²) >= 11 is 0. The molecule has 0 saturated heterocycles. The van der Waals surface area contributed by atoms with E-state index in [2.05, 4.69) is 0 Å². The molecule has 3 heteroatoms. The van der Waals surface area contributed by atoms with Gasteiger partial charge in [0.15, 0.2) is 0 Å². The Hall–Kier alpha value is -2.29. The number of aromatic carboxylic acids is 1. The van der Waals surface area contributed by atoms with E-state index < -0.39 is 5.97 Å². The first-order valence-corrected chi connectivity index (χ1v) is 6.17. The van der Waals surface area contributed by atoms with E-state index in [1.165, 1.54) is 0 Å². The third-order valence-corrected chi connectivity index (χ3v) is 2.94. The summed E-state index contributed by atoms with van der Waals surface area (Å²) < 4.78 is 5.70. The van der Waals surface area contributed by atoms with Crippen molar-refractivity contribution in [1.82, 2.24) is 0 Å². The molecule has 0 radical (unpaired) electrons. The predicted octanol–water partition coefficient (Wildman–Crippen LogP) is 3.31. The summed E-state index contributed by atoms with van der Waals surface area (Å²) in [6.07, 6.45) is 0.758. The average molecular weight is 256 g/mol. The minimum Gasteiger partial charge on any atom is -0.493 e. The van der Waals surface area contributed by atoms with Gasteiger partial charge in [-0.25, -0.2) is 4.79 Å². The van der Waals surface area contributed by atoms with Gasteiger partial charge < -0.3 is 9.84 Å². The molecule has 1 N–H and O–H groups in total. The van der Waals surface area contributed by atoms with Crippen LogP contribution in [0.25, 0.3) is 0 Å². The molecule has 0 spiro atoms. The smallest absolute Gasteiger partial charge is 0.335 e. The van der Waals surface area contributed by atoms with Crippen LogP contribution in [0.15, 0.2) is 48.5 Å². The molecule has 0 amide bonds. The van der Waals surface area contributed by atoms with Crippen molar-refractivity contribution >= 4 is 5.97 Å². The molecule has 0 fully saturated rings. The topological polar surface area (TPSA) is 46.5 Å². The highest BCUT2D eigenvalue weighted by Crippen LogP contribution is 2.16. The van der Waals surface area contributed by atoms with E-state index in [0.717, 1.165) is 23.3 Å². The van der Waals surface area contributed by atoms with E-state index >= 15 is 0 Å². The van der Waals surface area contributed by atoms with Crippen molar-refractivity contribution < 1.29 is 14.6 Å². The fourth-order valence-corrected chi connectivity index (χ4v) is 1.81. The number of carboxylic acid groups (broad SMARTS) is 1. The number of rotatable bonds is 5. The molecule has 0 bridgehead atoms. The van der Waals surface area contributed by atoms with Crippen LogP contribution in [0.5, 0.6) is 5.75 Å². The van der Waals surface area contributed by atoms with Crippen molar-refractivity contribution in [3.63, 3.8) is 0 Å². The van der Waals surface area contributed by atoms with Crippen molar-refractivity contribution in [1.29, 1.82) is 0 Å². The first kappa shape index (κ1) is 13.1. The number of carbonyl (C=O) groups is 1. The van der Waals surface area contributed by atoms with Crippen molar-refractivity contribution in [3.05, 3.63) is 65.2 Å². The third kappa shape index (κ3) is 3.58. The third-order valence-electron chi connectivity index (χ3n) is 2.94. The summed E-state index contributed by atoms with van der Waals surface area (Å²) in [4.78, 5) is 10.7. The highest BCUT2D eigenvalue weighted by atomic mass is 16.5. The normalized spacial score (nSPS) is 10.2. The van der Waals surface area contributed by atoms with Crippen LogP contribution >= 0.6 is 0 Å². The number of carboxylic acids is 1. The first-order chi connectivity index (χ1) is 9.16. The fraction of sp³-hybridized carbons (Fsp3) is 0.188. The van der Waals surface area contributed by atoms with Gasteiger partial charge in [0.25, 0.3) is 0 Å². The summed E-state index contributed by atoms with van der Waals surface area (Å²) in [6, 6.07) is 14.8. The van der Waals surface area contributed by atoms with E-state index in [0.29, 0.717) is 12.2 Å². The maximum Gasteiger partial charge on any atom is 0.335 e. The molecule has 2 aromatic rings. The molecular weight excluding hydrogens is 240 g/mol. The predicted molar refractivity (Wildman–Crippen MR) is 73.8 cm³/mol. The molecule has 0 unspecified atom stereocenters. The van der Waals surface area contributed by atoms with Gasteiger partial charge >= 0.3 is 5.97 Å². The number of aryl methyl sites for hydroxylation is 1. The second-order valence-corrected chi connectivity index (χ2v) is 4.37. The van der Waals surface area contributed by atoms with Gasteiger partial charge in [-0.2, -0.15) is 0 Å². The maximum absolute atomic E-state index is 10.7. The van der Waals surface area contributed by atoms with Gasteiger partial charge in [-0.05, 0) is 36.2 Å². The Morgan fingerprint density at radius 3 is 2.42 bits per heavy atom. The Balaban J connectivity index is 1.89. The van der Waals surface area contributed by atoms with Gasteiger partial charge in [-0.15, -0.1) is 0 Å². The number of hydrogen-bond donors (Lipinski definition) is 1. The van der Waals surface area contributed by atoms with E-state index in [1.807, 2.05) is 43.3 Å². The van der Waals surface area contributed by atoms with E-state index in [9.17, 15) is 4.79 Å². The Morgan fingerprint density at radius 2 is 1.79 bits per heavy atom. The second kappa shape index (κ2) is 6.05. The minimum atomic E-state index is -0.900. The van der Waals surface area contributed by atoms with Crippen molar-refractivity contribution in [2.24, 2.45) is 0 Å². The molecular formula is C16H16O3. The van der Waals surface area contributed by atoms with Crippen LogP contribution in [0.1, 0.15) is 21.5 Å². The number of hydrogen-bond acceptors (Lipinski definition) is 2. The van der Waals surface area contributed by atoms with E-state index in [4.69, 9.17) is 9.84 Å². The van der Waals surface area contributed by atoms with Crippen molar-refractivity contribution in [2.45, 2.75) is 13.3 Å². The van der Waals surface area contributed by atoms with Crippen LogP contribution in [0.4, 0.5) is 0 Å². The van der Waals surface area contributed by atoms with Gasteiger partial charge in [0.1, 0.15) is 5.75 Å². The number of ether oxygens (including phenoxy) is 1. The lowest BCUT2D eigenvalue weighted by atomic mass is 10.1. The van der Waals surface area contributed by atoms with Gasteiger partial charge in [0.2, 0.25) is 0 Å². The quantitative estimate of drug-likeness (QED) is 0.892. The Morgan fingerprint density at radius 1 is 1.11 bits per heavy atom. The molecule has 2 aromatic carbocycles. The van der Waals surface area contributed by atoms with E-state index in [1.54, 1.807) is 12.1 Å². The summed E-state index contributed by atoms with van der Waals surface area (Å²) in [6.45, 7) is 2.59. The van der Waals surface area contributed by atoms with Crippen LogP contribution in [-0.2, 0) is 6.42 Å². The van der Waals surface area contributed by atoms with Crippen LogP contribution in [0.3, 0.4) is 0 Å². The zero-order chi connectivity index (χ0) is 13.7. The Labute approximate surface area is 112 Å². The highest BCUT2D eigenvalue weighted by Gasteiger charge is 2.02. The average Bonchev–Trinajstić information content (AvgIpc) is 2.41. The molecule has 0 aliphatic carbocycles. The lowest BCUT2D eigenvalue weighted by Crippen LogP contribution is -2.03. The molecule has 98 valence electrons. The standard InChI is InChI=1S/C16H16O3/c1-12-4-2-3-5-15(12)19-11-10-13-6-8-14(9-7-13)16(17)18/h2-9H,10-11H2,1H3,(H,17,18). The molecule has 0 aromatic heterocycles. The first-order valence-electron chi connectivity index (χ1n) is 6.17. The Bertz CT molecular complexity index is 558. The minimum absolute atomic E-state index is 0.309. The summed E-state index contributed by atoms with van der Waals surface area (Å²) in [5, 5.41) is 8.81. The van der Waals surface area contributed by atoms with Gasteiger partial charge in [-0.3, -0.25) is 0 Å².